The number of alkyl halides is 2. The fourth-order valence-electron chi connectivity index (χ4n) is 6.83. The number of hydrogen-bond acceptors (Lipinski definition) is 5. The van der Waals surface area contributed by atoms with Crippen LogP contribution in [0.2, 0.25) is 0 Å². The summed E-state index contributed by atoms with van der Waals surface area (Å²) >= 11 is 0. The van der Waals surface area contributed by atoms with E-state index in [0.29, 0.717) is 18.8 Å². The number of halogens is 3. The van der Waals surface area contributed by atoms with Crippen LogP contribution in [0.15, 0.2) is 102 Å². The van der Waals surface area contributed by atoms with Gasteiger partial charge in [0.25, 0.3) is 5.92 Å². The number of aryl methyl sites for hydroxylation is 1. The molecule has 230 valence electrons. The maximum absolute atomic E-state index is 15.8. The molecule has 4 heterocycles. The first kappa shape index (κ1) is 29.2. The molecule has 1 fully saturated rings. The van der Waals surface area contributed by atoms with Crippen molar-refractivity contribution in [3.8, 4) is 11.1 Å². The van der Waals surface area contributed by atoms with Crippen LogP contribution in [0.5, 0.6) is 0 Å². The largest absolute Gasteiger partial charge is 0.358 e. The first-order valence-corrected chi connectivity index (χ1v) is 15.5. The fourth-order valence-corrected chi connectivity index (χ4v) is 6.83. The Morgan fingerprint density at radius 1 is 1.04 bits per heavy atom. The molecule has 5 nitrogen and oxygen atoms in total. The summed E-state index contributed by atoms with van der Waals surface area (Å²) in [6, 6.07) is 15.6. The van der Waals surface area contributed by atoms with Gasteiger partial charge in [-0.05, 0) is 77.9 Å². The highest BCUT2D eigenvalue weighted by Crippen LogP contribution is 2.43. The van der Waals surface area contributed by atoms with Gasteiger partial charge < -0.3 is 10.7 Å². The predicted molar refractivity (Wildman–Crippen MR) is 174 cm³/mol. The van der Waals surface area contributed by atoms with E-state index in [9.17, 15) is 8.78 Å². The van der Waals surface area contributed by atoms with E-state index < -0.39 is 5.92 Å². The van der Waals surface area contributed by atoms with Gasteiger partial charge in [0.15, 0.2) is 0 Å². The number of allylic oxidation sites excluding steroid dienone is 7. The first-order chi connectivity index (χ1) is 21.8. The standard InChI is InChI=1S/C37H36F3N5/c1-3-25-17-29-28(33-9-6-7-12-41-33)8-4-5-10-34(29)43-35(25)31-20-42-44-36-30(31)18-27(19-32(36)38)26-15-23(2)14-24(16-26)21-45-13-11-37(39,40)22-45/h4-9,12,14-16,18-20,42-44H,3,10-11,13,17,21-22H2,1-2H3. The topological polar surface area (TPSA) is 52.2 Å². The molecule has 2 aromatic carbocycles. The highest BCUT2D eigenvalue weighted by Gasteiger charge is 2.38. The van der Waals surface area contributed by atoms with Crippen LogP contribution in [-0.4, -0.2) is 28.9 Å². The van der Waals surface area contributed by atoms with Gasteiger partial charge in [0, 0.05) is 66.4 Å². The molecule has 3 N–H and O–H groups in total. The van der Waals surface area contributed by atoms with E-state index in [1.54, 1.807) is 11.0 Å². The average molecular weight is 608 g/mol. The summed E-state index contributed by atoms with van der Waals surface area (Å²) in [4.78, 5) is 6.42. The lowest BCUT2D eigenvalue weighted by Gasteiger charge is -2.31. The molecule has 0 radical (unpaired) electrons. The SMILES string of the molecule is CCC1=C(C2=CNNc3c(F)cc(-c4cc(C)cc(CN5CCC(F)(F)C5)c4)cc32)NC2=C(C1)C(c1ccccn1)=CC=CC2. The van der Waals surface area contributed by atoms with Crippen molar-refractivity contribution in [1.82, 2.24) is 20.6 Å². The van der Waals surface area contributed by atoms with Gasteiger partial charge >= 0.3 is 0 Å². The van der Waals surface area contributed by atoms with Gasteiger partial charge in [-0.3, -0.25) is 15.3 Å². The highest BCUT2D eigenvalue weighted by atomic mass is 19.3. The molecule has 8 heteroatoms. The van der Waals surface area contributed by atoms with Crippen molar-refractivity contribution in [2.24, 2.45) is 0 Å². The van der Waals surface area contributed by atoms with Crippen molar-refractivity contribution in [3.63, 3.8) is 0 Å². The Kier molecular flexibility index (Phi) is 7.61. The highest BCUT2D eigenvalue weighted by molar-refractivity contribution is 5.91. The Morgan fingerprint density at radius 2 is 1.91 bits per heavy atom. The van der Waals surface area contributed by atoms with Gasteiger partial charge in [-0.2, -0.15) is 0 Å². The number of anilines is 1. The minimum absolute atomic E-state index is 0.114. The molecule has 0 spiro atoms. The first-order valence-electron chi connectivity index (χ1n) is 15.5. The zero-order valence-corrected chi connectivity index (χ0v) is 25.5. The van der Waals surface area contributed by atoms with E-state index in [1.165, 1.54) is 11.1 Å². The smallest absolute Gasteiger partial charge is 0.261 e. The molecular formula is C37H36F3N5. The summed E-state index contributed by atoms with van der Waals surface area (Å²) < 4.78 is 43.5. The summed E-state index contributed by atoms with van der Waals surface area (Å²) in [7, 11) is 0. The van der Waals surface area contributed by atoms with Crippen LogP contribution in [0, 0.1) is 12.7 Å². The van der Waals surface area contributed by atoms with Crippen molar-refractivity contribution < 1.29 is 13.2 Å². The maximum Gasteiger partial charge on any atom is 0.261 e. The second-order valence-electron chi connectivity index (χ2n) is 12.3. The van der Waals surface area contributed by atoms with Crippen LogP contribution in [0.25, 0.3) is 22.3 Å². The molecule has 1 saturated heterocycles. The predicted octanol–water partition coefficient (Wildman–Crippen LogP) is 8.26. The lowest BCUT2D eigenvalue weighted by molar-refractivity contribution is 0.0115. The van der Waals surface area contributed by atoms with Gasteiger partial charge in [-0.15, -0.1) is 0 Å². The van der Waals surface area contributed by atoms with E-state index >= 15 is 4.39 Å². The third kappa shape index (κ3) is 5.82. The number of nitrogens with one attached hydrogen (secondary N) is 3. The number of dihydropyridines is 1. The number of hydrazine groups is 1. The molecule has 3 aliphatic heterocycles. The molecule has 1 aliphatic carbocycles. The molecule has 4 aliphatic rings. The summed E-state index contributed by atoms with van der Waals surface area (Å²) in [5.74, 6) is -3.01. The summed E-state index contributed by atoms with van der Waals surface area (Å²) in [5.41, 5.74) is 18.3. The normalized spacial score (nSPS) is 19.1. The van der Waals surface area contributed by atoms with Gasteiger partial charge in [0.05, 0.1) is 17.9 Å². The fraction of sp³-hybridized carbons (Fsp3) is 0.270. The Bertz CT molecular complexity index is 1820. The molecule has 45 heavy (non-hydrogen) atoms. The zero-order valence-electron chi connectivity index (χ0n) is 25.5. The Hall–Kier alpha value is -4.56. The summed E-state index contributed by atoms with van der Waals surface area (Å²) in [5, 5.41) is 3.76. The van der Waals surface area contributed by atoms with Gasteiger partial charge in [0.1, 0.15) is 5.82 Å². The van der Waals surface area contributed by atoms with Gasteiger partial charge in [-0.1, -0.05) is 48.9 Å². The summed E-state index contributed by atoms with van der Waals surface area (Å²) in [6.45, 7) is 4.71. The van der Waals surface area contributed by atoms with Crippen molar-refractivity contribution >= 4 is 16.8 Å². The van der Waals surface area contributed by atoms with E-state index in [2.05, 4.69) is 46.3 Å². The number of nitrogens with zero attached hydrogens (tertiary/aromatic N) is 2. The lowest BCUT2D eigenvalue weighted by Crippen LogP contribution is -2.28. The summed E-state index contributed by atoms with van der Waals surface area (Å²) in [6.07, 6.45) is 12.3. The third-order valence-electron chi connectivity index (χ3n) is 8.99. The van der Waals surface area contributed by atoms with Crippen LogP contribution in [0.4, 0.5) is 18.9 Å². The van der Waals surface area contributed by atoms with Crippen LogP contribution >= 0.6 is 0 Å². The quantitative estimate of drug-likeness (QED) is 0.263. The minimum Gasteiger partial charge on any atom is -0.358 e. The second-order valence-corrected chi connectivity index (χ2v) is 12.3. The van der Waals surface area contributed by atoms with Crippen LogP contribution in [0.1, 0.15) is 55.0 Å². The van der Waals surface area contributed by atoms with Crippen LogP contribution in [0.3, 0.4) is 0 Å². The minimum atomic E-state index is -2.64. The maximum atomic E-state index is 15.8. The molecule has 0 amide bonds. The van der Waals surface area contributed by atoms with Gasteiger partial charge in [-0.25, -0.2) is 13.2 Å². The lowest BCUT2D eigenvalue weighted by atomic mass is 9.85. The number of benzene rings is 2. The van der Waals surface area contributed by atoms with Crippen molar-refractivity contribution in [2.45, 2.75) is 52.0 Å². The average Bonchev–Trinajstić information content (AvgIpc) is 3.24. The molecule has 0 atom stereocenters. The zero-order chi connectivity index (χ0) is 31.1. The van der Waals surface area contributed by atoms with E-state index in [4.69, 9.17) is 0 Å². The molecule has 3 aromatic rings. The molecule has 0 unspecified atom stereocenters. The molecular weight excluding hydrogens is 571 g/mol. The van der Waals surface area contributed by atoms with E-state index in [0.717, 1.165) is 75.3 Å². The molecule has 1 aromatic heterocycles. The van der Waals surface area contributed by atoms with E-state index in [-0.39, 0.29) is 18.8 Å². The van der Waals surface area contributed by atoms with Gasteiger partial charge in [0.2, 0.25) is 0 Å². The number of fused-ring (bicyclic) bond motifs is 1. The van der Waals surface area contributed by atoms with E-state index in [1.807, 2.05) is 61.8 Å². The molecule has 0 bridgehead atoms. The Balaban J connectivity index is 1.24. The van der Waals surface area contributed by atoms with Crippen molar-refractivity contribution in [2.75, 3.05) is 18.5 Å². The van der Waals surface area contributed by atoms with Crippen molar-refractivity contribution in [1.29, 1.82) is 0 Å². The number of pyridine rings is 1. The Morgan fingerprint density at radius 3 is 2.69 bits per heavy atom. The number of aromatic nitrogens is 1. The molecule has 7 rings (SSSR count). The van der Waals surface area contributed by atoms with Crippen LogP contribution in [-0.2, 0) is 6.54 Å². The monoisotopic (exact) mass is 607 g/mol. The second kappa shape index (κ2) is 11.7. The van der Waals surface area contributed by atoms with Crippen LogP contribution < -0.4 is 16.2 Å². The van der Waals surface area contributed by atoms with Crippen molar-refractivity contribution in [3.05, 3.63) is 130 Å². The third-order valence-corrected chi connectivity index (χ3v) is 8.99. The number of rotatable bonds is 6. The molecule has 0 saturated carbocycles. The number of likely N-dealkylation sites (tertiary alicyclic amines) is 1. The number of hydrogen-bond donors (Lipinski definition) is 3. The Labute approximate surface area is 261 Å².